The van der Waals surface area contributed by atoms with Crippen molar-refractivity contribution in [1.29, 1.82) is 0 Å². The highest BCUT2D eigenvalue weighted by molar-refractivity contribution is 9.08. The summed E-state index contributed by atoms with van der Waals surface area (Å²) in [6, 6.07) is 1.89. The van der Waals surface area contributed by atoms with Crippen LogP contribution < -0.4 is 0 Å². The van der Waals surface area contributed by atoms with Crippen LogP contribution in [0.4, 0.5) is 10.1 Å². The smallest absolute Gasteiger partial charge is 0.308 e. The van der Waals surface area contributed by atoms with Crippen LogP contribution in [0.5, 0.6) is 0 Å². The summed E-state index contributed by atoms with van der Waals surface area (Å²) in [5.41, 5.74) is -0.353. The molecule has 0 aromatic heterocycles. The Morgan fingerprint density at radius 1 is 1.50 bits per heavy atom. The van der Waals surface area contributed by atoms with Crippen molar-refractivity contribution in [2.24, 2.45) is 0 Å². The lowest BCUT2D eigenvalue weighted by Gasteiger charge is -2.04. The predicted molar refractivity (Wildman–Crippen MR) is 57.0 cm³/mol. The van der Waals surface area contributed by atoms with Gasteiger partial charge in [-0.05, 0) is 12.1 Å². The van der Waals surface area contributed by atoms with Crippen molar-refractivity contribution in [2.75, 3.05) is 0 Å². The second kappa shape index (κ2) is 5.02. The van der Waals surface area contributed by atoms with Crippen molar-refractivity contribution in [3.05, 3.63) is 39.2 Å². The second-order valence-corrected chi connectivity index (χ2v) is 3.59. The van der Waals surface area contributed by atoms with E-state index in [2.05, 4.69) is 15.9 Å². The van der Waals surface area contributed by atoms with Gasteiger partial charge >= 0.3 is 5.97 Å². The number of halogens is 2. The van der Waals surface area contributed by atoms with E-state index in [-0.39, 0.29) is 22.1 Å². The number of nitro benzene ring substituents is 1. The zero-order valence-electron chi connectivity index (χ0n) is 7.94. The van der Waals surface area contributed by atoms with Crippen LogP contribution in [-0.2, 0) is 16.5 Å². The Kier molecular flexibility index (Phi) is 3.94. The molecule has 1 rings (SSSR count). The Bertz CT molecular complexity index is 449. The van der Waals surface area contributed by atoms with E-state index >= 15 is 0 Å². The molecule has 0 fully saturated rings. The molecule has 0 saturated heterocycles. The number of benzene rings is 1. The maximum Gasteiger partial charge on any atom is 0.308 e. The molecule has 7 heteroatoms. The fourth-order valence-corrected chi connectivity index (χ4v) is 1.78. The van der Waals surface area contributed by atoms with Crippen LogP contribution in [0, 0.1) is 15.9 Å². The third-order valence-electron chi connectivity index (χ3n) is 1.90. The van der Waals surface area contributed by atoms with E-state index in [1.165, 1.54) is 0 Å². The molecular formula is C9H7BrFNO4. The first-order chi connectivity index (χ1) is 7.45. The third kappa shape index (κ3) is 2.75. The normalized spacial score (nSPS) is 10.1. The van der Waals surface area contributed by atoms with Crippen LogP contribution in [0.2, 0.25) is 0 Å². The molecule has 1 aromatic carbocycles. The van der Waals surface area contributed by atoms with E-state index in [9.17, 15) is 19.3 Å². The molecule has 5 nitrogen and oxygen atoms in total. The summed E-state index contributed by atoms with van der Waals surface area (Å²) in [6.45, 7) is 0. The van der Waals surface area contributed by atoms with Gasteiger partial charge in [0.25, 0.3) is 5.69 Å². The molecule has 16 heavy (non-hydrogen) atoms. The number of carbonyl (C=O) groups is 1. The van der Waals surface area contributed by atoms with Crippen molar-refractivity contribution in [3.63, 3.8) is 0 Å². The standard InChI is InChI=1S/C9H7BrFNO4/c10-4-6-2-7(11)1-5(3-8(13)14)9(6)12(15)16/h1-2H,3-4H2,(H,13,14). The first kappa shape index (κ1) is 12.6. The van der Waals surface area contributed by atoms with E-state index in [0.717, 1.165) is 12.1 Å². The number of carboxylic acid groups (broad SMARTS) is 1. The molecule has 0 aliphatic carbocycles. The lowest BCUT2D eigenvalue weighted by Crippen LogP contribution is -2.06. The van der Waals surface area contributed by atoms with Gasteiger partial charge in [-0.2, -0.15) is 0 Å². The molecule has 0 unspecified atom stereocenters. The molecule has 0 heterocycles. The topological polar surface area (TPSA) is 80.4 Å². The first-order valence-corrected chi connectivity index (χ1v) is 5.31. The molecule has 0 amide bonds. The van der Waals surface area contributed by atoms with E-state index in [1.54, 1.807) is 0 Å². The van der Waals surface area contributed by atoms with E-state index in [4.69, 9.17) is 5.11 Å². The van der Waals surface area contributed by atoms with Gasteiger partial charge in [-0.25, -0.2) is 4.39 Å². The van der Waals surface area contributed by atoms with Crippen LogP contribution in [-0.4, -0.2) is 16.0 Å². The van der Waals surface area contributed by atoms with Crippen LogP contribution in [0.3, 0.4) is 0 Å². The number of hydrogen-bond acceptors (Lipinski definition) is 3. The lowest BCUT2D eigenvalue weighted by atomic mass is 10.1. The van der Waals surface area contributed by atoms with Crippen LogP contribution in [0.1, 0.15) is 11.1 Å². The molecule has 0 atom stereocenters. The predicted octanol–water partition coefficient (Wildman–Crippen LogP) is 2.26. The van der Waals surface area contributed by atoms with E-state index in [1.807, 2.05) is 0 Å². The molecule has 0 saturated carbocycles. The summed E-state index contributed by atoms with van der Waals surface area (Å²) in [5.74, 6) is -1.93. The van der Waals surface area contributed by atoms with Crippen molar-refractivity contribution in [3.8, 4) is 0 Å². The minimum atomic E-state index is -1.24. The van der Waals surface area contributed by atoms with Crippen LogP contribution in [0.25, 0.3) is 0 Å². The van der Waals surface area contributed by atoms with Crippen molar-refractivity contribution >= 4 is 27.6 Å². The number of rotatable bonds is 4. The van der Waals surface area contributed by atoms with Gasteiger partial charge in [-0.1, -0.05) is 15.9 Å². The number of carboxylic acids is 1. The van der Waals surface area contributed by atoms with E-state index < -0.39 is 23.1 Å². The molecule has 0 radical (unpaired) electrons. The first-order valence-electron chi connectivity index (χ1n) is 4.19. The molecular weight excluding hydrogens is 285 g/mol. The minimum Gasteiger partial charge on any atom is -0.481 e. The summed E-state index contributed by atoms with van der Waals surface area (Å²) in [7, 11) is 0. The fourth-order valence-electron chi connectivity index (χ4n) is 1.35. The van der Waals surface area contributed by atoms with Gasteiger partial charge in [0.2, 0.25) is 0 Å². The number of aliphatic carboxylic acids is 1. The maximum atomic E-state index is 13.1. The van der Waals surface area contributed by atoms with Gasteiger partial charge in [0.05, 0.1) is 11.3 Å². The zero-order chi connectivity index (χ0) is 12.3. The summed E-state index contributed by atoms with van der Waals surface area (Å²) in [4.78, 5) is 20.6. The number of nitro groups is 1. The van der Waals surface area contributed by atoms with Crippen LogP contribution >= 0.6 is 15.9 Å². The molecule has 0 bridgehead atoms. The van der Waals surface area contributed by atoms with Gasteiger partial charge in [-0.15, -0.1) is 0 Å². The summed E-state index contributed by atoms with van der Waals surface area (Å²) >= 11 is 2.99. The van der Waals surface area contributed by atoms with Crippen LogP contribution in [0.15, 0.2) is 12.1 Å². The molecule has 0 aliphatic heterocycles. The van der Waals surface area contributed by atoms with E-state index in [0.29, 0.717) is 0 Å². The van der Waals surface area contributed by atoms with Gasteiger partial charge < -0.3 is 5.11 Å². The van der Waals surface area contributed by atoms with Gasteiger partial charge in [-0.3, -0.25) is 14.9 Å². The van der Waals surface area contributed by atoms with Crippen molar-refractivity contribution in [1.82, 2.24) is 0 Å². The Balaban J connectivity index is 3.37. The number of hydrogen-bond donors (Lipinski definition) is 1. The van der Waals surface area contributed by atoms with Gasteiger partial charge in [0, 0.05) is 16.5 Å². The number of nitrogens with zero attached hydrogens (tertiary/aromatic N) is 1. The Morgan fingerprint density at radius 2 is 2.06 bits per heavy atom. The Labute approximate surface area is 98.2 Å². The molecule has 0 spiro atoms. The second-order valence-electron chi connectivity index (χ2n) is 3.03. The number of alkyl halides is 1. The Morgan fingerprint density at radius 3 is 2.50 bits per heavy atom. The summed E-state index contributed by atoms with van der Waals surface area (Å²) < 4.78 is 13.1. The molecule has 1 N–H and O–H groups in total. The highest BCUT2D eigenvalue weighted by Gasteiger charge is 2.22. The van der Waals surface area contributed by atoms with Gasteiger partial charge in [0.15, 0.2) is 0 Å². The minimum absolute atomic E-state index is 0.0910. The SMILES string of the molecule is O=C(O)Cc1cc(F)cc(CBr)c1[N+](=O)[O-]. The van der Waals surface area contributed by atoms with Crippen molar-refractivity contribution in [2.45, 2.75) is 11.8 Å². The Hall–Kier alpha value is -1.50. The molecule has 0 aliphatic rings. The maximum absolute atomic E-state index is 13.1. The van der Waals surface area contributed by atoms with Crippen molar-refractivity contribution < 1.29 is 19.2 Å². The fraction of sp³-hybridized carbons (Fsp3) is 0.222. The third-order valence-corrected chi connectivity index (χ3v) is 2.50. The lowest BCUT2D eigenvalue weighted by molar-refractivity contribution is -0.386. The monoisotopic (exact) mass is 291 g/mol. The average Bonchev–Trinajstić information content (AvgIpc) is 2.14. The highest BCUT2D eigenvalue weighted by Crippen LogP contribution is 2.27. The highest BCUT2D eigenvalue weighted by atomic mass is 79.9. The quantitative estimate of drug-likeness (QED) is 0.524. The largest absolute Gasteiger partial charge is 0.481 e. The average molecular weight is 292 g/mol. The molecule has 1 aromatic rings. The zero-order valence-corrected chi connectivity index (χ0v) is 9.53. The summed E-state index contributed by atoms with van der Waals surface area (Å²) in [6.07, 6.45) is -0.575. The van der Waals surface area contributed by atoms with Gasteiger partial charge in [0.1, 0.15) is 5.82 Å². The summed E-state index contributed by atoms with van der Waals surface area (Å²) in [5, 5.41) is 19.4. The molecule has 86 valence electrons.